The van der Waals surface area contributed by atoms with Gasteiger partial charge in [0.2, 0.25) is 0 Å². The Morgan fingerprint density at radius 3 is 2.58 bits per heavy atom. The fourth-order valence-electron chi connectivity index (χ4n) is 3.51. The third-order valence-electron chi connectivity index (χ3n) is 4.75. The maximum atomic E-state index is 5.66. The molecule has 3 heterocycles. The number of hydrogen-bond acceptors (Lipinski definition) is 5. The second kappa shape index (κ2) is 6.99. The second-order valence-corrected chi connectivity index (χ2v) is 6.58. The Hall–Kier alpha value is -1.79. The van der Waals surface area contributed by atoms with Crippen molar-refractivity contribution in [1.82, 2.24) is 15.1 Å². The van der Waals surface area contributed by atoms with Crippen molar-refractivity contribution in [3.05, 3.63) is 34.4 Å². The average molecular weight is 332 g/mol. The average Bonchev–Trinajstić information content (AvgIpc) is 3.03. The number of furan rings is 1. The molecule has 1 N–H and O–H groups in total. The van der Waals surface area contributed by atoms with Gasteiger partial charge in [0.15, 0.2) is 0 Å². The Morgan fingerprint density at radius 1 is 1.25 bits per heavy atom. The summed E-state index contributed by atoms with van der Waals surface area (Å²) in [6.45, 7) is 12.5. The first kappa shape index (κ1) is 17.0. The molecule has 0 amide bonds. The number of ether oxygens (including phenoxy) is 1. The molecule has 6 heteroatoms. The van der Waals surface area contributed by atoms with Crippen LogP contribution in [0.3, 0.4) is 0 Å². The van der Waals surface area contributed by atoms with Gasteiger partial charge in [-0.05, 0) is 33.8 Å². The van der Waals surface area contributed by atoms with Crippen LogP contribution in [0.4, 0.5) is 5.82 Å². The topological polar surface area (TPSA) is 55.5 Å². The van der Waals surface area contributed by atoms with E-state index in [-0.39, 0.29) is 6.04 Å². The predicted molar refractivity (Wildman–Crippen MR) is 94.4 cm³/mol. The summed E-state index contributed by atoms with van der Waals surface area (Å²) in [6.07, 6.45) is 0. The minimum Gasteiger partial charge on any atom is -0.466 e. The molecule has 6 nitrogen and oxygen atoms in total. The van der Waals surface area contributed by atoms with E-state index in [9.17, 15) is 0 Å². The lowest BCUT2D eigenvalue weighted by Gasteiger charge is -2.29. The molecule has 1 aliphatic heterocycles. The maximum Gasteiger partial charge on any atom is 0.131 e. The Morgan fingerprint density at radius 2 is 1.96 bits per heavy atom. The quantitative estimate of drug-likeness (QED) is 0.912. The number of aromatic nitrogens is 2. The fraction of sp³-hybridized carbons (Fsp3) is 0.611. The molecule has 3 rings (SSSR count). The number of morpholine rings is 1. The van der Waals surface area contributed by atoms with Crippen molar-refractivity contribution < 1.29 is 9.15 Å². The normalized spacial score (nSPS) is 16.6. The van der Waals surface area contributed by atoms with Crippen molar-refractivity contribution in [2.24, 2.45) is 7.05 Å². The molecule has 1 fully saturated rings. The Labute approximate surface area is 143 Å². The van der Waals surface area contributed by atoms with Crippen LogP contribution in [0.1, 0.15) is 41.3 Å². The lowest BCUT2D eigenvalue weighted by Crippen LogP contribution is -2.38. The summed E-state index contributed by atoms with van der Waals surface area (Å²) >= 11 is 0. The Kier molecular flexibility index (Phi) is 4.96. The second-order valence-electron chi connectivity index (χ2n) is 6.58. The van der Waals surface area contributed by atoms with E-state index in [1.54, 1.807) is 0 Å². The van der Waals surface area contributed by atoms with Crippen molar-refractivity contribution >= 4 is 5.82 Å². The molecular formula is C18H28N4O2. The van der Waals surface area contributed by atoms with E-state index in [1.807, 2.05) is 25.6 Å². The van der Waals surface area contributed by atoms with Crippen LogP contribution in [-0.4, -0.2) is 36.1 Å². The highest BCUT2D eigenvalue weighted by molar-refractivity contribution is 5.50. The summed E-state index contributed by atoms with van der Waals surface area (Å²) < 4.78 is 13.1. The van der Waals surface area contributed by atoms with Gasteiger partial charge in [-0.2, -0.15) is 5.10 Å². The minimum absolute atomic E-state index is 0.236. The Balaban J connectivity index is 1.76. The maximum absolute atomic E-state index is 5.66. The number of hydrogen-bond donors (Lipinski definition) is 1. The summed E-state index contributed by atoms with van der Waals surface area (Å²) in [5.41, 5.74) is 3.57. The van der Waals surface area contributed by atoms with E-state index in [4.69, 9.17) is 9.15 Å². The van der Waals surface area contributed by atoms with Crippen molar-refractivity contribution in [3.8, 4) is 0 Å². The van der Waals surface area contributed by atoms with E-state index >= 15 is 0 Å². The highest BCUT2D eigenvalue weighted by Gasteiger charge is 2.22. The zero-order valence-corrected chi connectivity index (χ0v) is 15.3. The van der Waals surface area contributed by atoms with Crippen LogP contribution in [0.5, 0.6) is 0 Å². The molecule has 1 saturated heterocycles. The van der Waals surface area contributed by atoms with Gasteiger partial charge in [-0.25, -0.2) is 0 Å². The summed E-state index contributed by atoms with van der Waals surface area (Å²) in [6, 6.07) is 2.35. The summed E-state index contributed by atoms with van der Waals surface area (Å²) in [5, 5.41) is 8.27. The first-order valence-electron chi connectivity index (χ1n) is 8.63. The highest BCUT2D eigenvalue weighted by Crippen LogP contribution is 2.26. The first-order valence-corrected chi connectivity index (χ1v) is 8.63. The highest BCUT2D eigenvalue weighted by atomic mass is 16.5. The van der Waals surface area contributed by atoms with Gasteiger partial charge < -0.3 is 19.4 Å². The van der Waals surface area contributed by atoms with Gasteiger partial charge in [0, 0.05) is 43.9 Å². The van der Waals surface area contributed by atoms with Crippen LogP contribution in [0.2, 0.25) is 0 Å². The van der Waals surface area contributed by atoms with Crippen molar-refractivity contribution in [1.29, 1.82) is 0 Å². The lowest BCUT2D eigenvalue weighted by atomic mass is 10.1. The van der Waals surface area contributed by atoms with Crippen LogP contribution in [0.15, 0.2) is 10.5 Å². The number of anilines is 1. The van der Waals surface area contributed by atoms with Gasteiger partial charge in [-0.3, -0.25) is 4.68 Å². The molecule has 0 spiro atoms. The third kappa shape index (κ3) is 3.35. The van der Waals surface area contributed by atoms with Gasteiger partial charge in [0.25, 0.3) is 0 Å². The molecule has 132 valence electrons. The van der Waals surface area contributed by atoms with Gasteiger partial charge in [0.05, 0.1) is 18.9 Å². The van der Waals surface area contributed by atoms with Crippen molar-refractivity contribution in [2.75, 3.05) is 31.2 Å². The summed E-state index contributed by atoms with van der Waals surface area (Å²) in [7, 11) is 2.02. The van der Waals surface area contributed by atoms with E-state index in [0.717, 1.165) is 50.1 Å². The molecule has 24 heavy (non-hydrogen) atoms. The predicted octanol–water partition coefficient (Wildman–Crippen LogP) is 2.63. The molecule has 0 aromatic carbocycles. The van der Waals surface area contributed by atoms with Crippen LogP contribution < -0.4 is 10.2 Å². The fourth-order valence-corrected chi connectivity index (χ4v) is 3.51. The third-order valence-corrected chi connectivity index (χ3v) is 4.75. The van der Waals surface area contributed by atoms with Gasteiger partial charge in [-0.15, -0.1) is 0 Å². The summed E-state index contributed by atoms with van der Waals surface area (Å²) in [5.74, 6) is 3.15. The van der Waals surface area contributed by atoms with E-state index in [0.29, 0.717) is 0 Å². The van der Waals surface area contributed by atoms with Crippen molar-refractivity contribution in [3.63, 3.8) is 0 Å². The van der Waals surface area contributed by atoms with E-state index in [2.05, 4.69) is 35.2 Å². The van der Waals surface area contributed by atoms with Crippen LogP contribution in [-0.2, 0) is 18.3 Å². The molecule has 1 aliphatic rings. The largest absolute Gasteiger partial charge is 0.466 e. The SMILES string of the molecule is Cc1cc([C@H](C)NCc2c(C)nn(C)c2N2CCOCC2)c(C)o1. The molecule has 0 saturated carbocycles. The standard InChI is InChI=1S/C18H28N4O2/c1-12-10-16(15(4)24-12)13(2)19-11-17-14(3)20-21(5)18(17)22-6-8-23-9-7-22/h10,13,19H,6-9,11H2,1-5H3/t13-/m0/s1. The smallest absolute Gasteiger partial charge is 0.131 e. The molecule has 0 aliphatic carbocycles. The monoisotopic (exact) mass is 332 g/mol. The van der Waals surface area contributed by atoms with E-state index in [1.165, 1.54) is 16.9 Å². The lowest BCUT2D eigenvalue weighted by molar-refractivity contribution is 0.122. The van der Waals surface area contributed by atoms with Crippen LogP contribution >= 0.6 is 0 Å². The number of aryl methyl sites for hydroxylation is 4. The molecule has 2 aromatic rings. The van der Waals surface area contributed by atoms with Gasteiger partial charge in [-0.1, -0.05) is 0 Å². The molecule has 0 bridgehead atoms. The Bertz CT molecular complexity index is 698. The van der Waals surface area contributed by atoms with E-state index < -0.39 is 0 Å². The number of nitrogens with one attached hydrogen (secondary N) is 1. The first-order chi connectivity index (χ1) is 11.5. The number of rotatable bonds is 5. The molecule has 0 unspecified atom stereocenters. The molecule has 1 atom stereocenters. The minimum atomic E-state index is 0.236. The zero-order chi connectivity index (χ0) is 17.3. The zero-order valence-electron chi connectivity index (χ0n) is 15.3. The van der Waals surface area contributed by atoms with Gasteiger partial charge in [0.1, 0.15) is 17.3 Å². The summed E-state index contributed by atoms with van der Waals surface area (Å²) in [4.78, 5) is 2.37. The van der Waals surface area contributed by atoms with Crippen LogP contribution in [0.25, 0.3) is 0 Å². The molecule has 0 radical (unpaired) electrons. The van der Waals surface area contributed by atoms with Crippen LogP contribution in [0, 0.1) is 20.8 Å². The molecule has 2 aromatic heterocycles. The van der Waals surface area contributed by atoms with Crippen molar-refractivity contribution in [2.45, 2.75) is 40.3 Å². The van der Waals surface area contributed by atoms with Gasteiger partial charge >= 0.3 is 0 Å². The number of nitrogens with zero attached hydrogens (tertiary/aromatic N) is 3. The molecular weight excluding hydrogens is 304 g/mol.